The molecular formula is C19H26N2. The van der Waals surface area contributed by atoms with Crippen LogP contribution in [0.1, 0.15) is 51.1 Å². The van der Waals surface area contributed by atoms with Crippen molar-refractivity contribution < 1.29 is 0 Å². The van der Waals surface area contributed by atoms with Crippen molar-refractivity contribution in [1.29, 1.82) is 0 Å². The highest BCUT2D eigenvalue weighted by molar-refractivity contribution is 5.78. The third-order valence-corrected chi connectivity index (χ3v) is 5.10. The topological polar surface area (TPSA) is 38.9 Å². The van der Waals surface area contributed by atoms with E-state index in [0.29, 0.717) is 0 Å². The molecule has 2 N–H and O–H groups in total. The van der Waals surface area contributed by atoms with E-state index < -0.39 is 0 Å². The summed E-state index contributed by atoms with van der Waals surface area (Å²) in [4.78, 5) is 4.80. The highest BCUT2D eigenvalue weighted by Crippen LogP contribution is 2.32. The molecule has 1 aromatic carbocycles. The second-order valence-corrected chi connectivity index (χ2v) is 6.74. The Hall–Kier alpha value is -1.41. The number of para-hydroxylation sites is 1. The summed E-state index contributed by atoms with van der Waals surface area (Å²) < 4.78 is 0. The summed E-state index contributed by atoms with van der Waals surface area (Å²) >= 11 is 0. The van der Waals surface area contributed by atoms with E-state index in [1.165, 1.54) is 31.1 Å². The molecular weight excluding hydrogens is 256 g/mol. The Morgan fingerprint density at radius 1 is 1.14 bits per heavy atom. The van der Waals surface area contributed by atoms with Crippen molar-refractivity contribution in [2.45, 2.75) is 57.4 Å². The van der Waals surface area contributed by atoms with Crippen LogP contribution >= 0.6 is 0 Å². The molecule has 1 aliphatic carbocycles. The SMILES string of the molecule is CCC1CCCC(N)(Cc2ccc3ccccc3n2)CC1. The van der Waals surface area contributed by atoms with Crippen LogP contribution in [0.15, 0.2) is 36.4 Å². The molecule has 0 bridgehead atoms. The second-order valence-electron chi connectivity index (χ2n) is 6.74. The minimum Gasteiger partial charge on any atom is -0.325 e. The van der Waals surface area contributed by atoms with Gasteiger partial charge in [0.25, 0.3) is 0 Å². The van der Waals surface area contributed by atoms with Gasteiger partial charge in [-0.1, -0.05) is 50.5 Å². The Kier molecular flexibility index (Phi) is 4.25. The Bertz CT molecular complexity index is 607. The summed E-state index contributed by atoms with van der Waals surface area (Å²) in [7, 11) is 0. The van der Waals surface area contributed by atoms with Crippen LogP contribution in [0.25, 0.3) is 10.9 Å². The van der Waals surface area contributed by atoms with Gasteiger partial charge in [-0.05, 0) is 37.3 Å². The van der Waals surface area contributed by atoms with Gasteiger partial charge in [0.1, 0.15) is 0 Å². The lowest BCUT2D eigenvalue weighted by atomic mass is 9.86. The highest BCUT2D eigenvalue weighted by Gasteiger charge is 2.29. The molecule has 2 nitrogen and oxygen atoms in total. The van der Waals surface area contributed by atoms with Crippen LogP contribution < -0.4 is 5.73 Å². The number of benzene rings is 1. The number of hydrogen-bond donors (Lipinski definition) is 1. The molecule has 1 aliphatic rings. The lowest BCUT2D eigenvalue weighted by molar-refractivity contribution is 0.356. The number of hydrogen-bond acceptors (Lipinski definition) is 2. The Morgan fingerprint density at radius 3 is 2.86 bits per heavy atom. The molecule has 2 unspecified atom stereocenters. The molecule has 2 atom stereocenters. The number of nitrogens with zero attached hydrogens (tertiary/aromatic N) is 1. The number of fused-ring (bicyclic) bond motifs is 1. The summed E-state index contributed by atoms with van der Waals surface area (Å²) in [6.45, 7) is 2.30. The quantitative estimate of drug-likeness (QED) is 0.844. The fraction of sp³-hybridized carbons (Fsp3) is 0.526. The summed E-state index contributed by atoms with van der Waals surface area (Å²) in [6.07, 6.45) is 8.38. The molecule has 112 valence electrons. The van der Waals surface area contributed by atoms with Gasteiger partial charge in [0, 0.05) is 23.0 Å². The van der Waals surface area contributed by atoms with Crippen molar-refractivity contribution in [3.05, 3.63) is 42.1 Å². The Balaban J connectivity index is 1.77. The van der Waals surface area contributed by atoms with Crippen LogP contribution in [0.3, 0.4) is 0 Å². The van der Waals surface area contributed by atoms with Gasteiger partial charge in [-0.2, -0.15) is 0 Å². The zero-order valence-electron chi connectivity index (χ0n) is 13.0. The minimum absolute atomic E-state index is 0.0562. The number of pyridine rings is 1. The fourth-order valence-corrected chi connectivity index (χ4v) is 3.66. The van der Waals surface area contributed by atoms with E-state index in [4.69, 9.17) is 10.7 Å². The minimum atomic E-state index is -0.0562. The third kappa shape index (κ3) is 3.44. The summed E-state index contributed by atoms with van der Waals surface area (Å²) in [5.74, 6) is 0.875. The second kappa shape index (κ2) is 6.15. The number of nitrogens with two attached hydrogens (primary N) is 1. The third-order valence-electron chi connectivity index (χ3n) is 5.10. The summed E-state index contributed by atoms with van der Waals surface area (Å²) in [5.41, 5.74) is 8.88. The Morgan fingerprint density at radius 2 is 2.00 bits per heavy atom. The van der Waals surface area contributed by atoms with Crippen LogP contribution in [0, 0.1) is 5.92 Å². The van der Waals surface area contributed by atoms with E-state index in [9.17, 15) is 0 Å². The van der Waals surface area contributed by atoms with Crippen LogP contribution in [-0.2, 0) is 6.42 Å². The van der Waals surface area contributed by atoms with Crippen molar-refractivity contribution in [3.63, 3.8) is 0 Å². The van der Waals surface area contributed by atoms with Gasteiger partial charge < -0.3 is 5.73 Å². The summed E-state index contributed by atoms with van der Waals surface area (Å²) in [6, 6.07) is 12.6. The average Bonchev–Trinajstić information content (AvgIpc) is 2.69. The molecule has 0 radical (unpaired) electrons. The molecule has 0 amide bonds. The highest BCUT2D eigenvalue weighted by atomic mass is 14.8. The maximum Gasteiger partial charge on any atom is 0.0705 e. The predicted molar refractivity (Wildman–Crippen MR) is 89.2 cm³/mol. The first-order chi connectivity index (χ1) is 10.2. The Labute approximate surface area is 127 Å². The van der Waals surface area contributed by atoms with Crippen LogP contribution in [0.4, 0.5) is 0 Å². The van der Waals surface area contributed by atoms with E-state index >= 15 is 0 Å². The smallest absolute Gasteiger partial charge is 0.0705 e. The van der Waals surface area contributed by atoms with E-state index in [1.807, 2.05) is 0 Å². The first kappa shape index (κ1) is 14.5. The zero-order valence-corrected chi connectivity index (χ0v) is 13.0. The largest absolute Gasteiger partial charge is 0.325 e. The van der Waals surface area contributed by atoms with Crippen LogP contribution in [0.5, 0.6) is 0 Å². The normalized spacial score (nSPS) is 26.7. The van der Waals surface area contributed by atoms with Gasteiger partial charge in [0.15, 0.2) is 0 Å². The van der Waals surface area contributed by atoms with Crippen molar-refractivity contribution in [2.75, 3.05) is 0 Å². The first-order valence-electron chi connectivity index (χ1n) is 8.32. The van der Waals surface area contributed by atoms with Crippen LogP contribution in [-0.4, -0.2) is 10.5 Å². The molecule has 1 saturated carbocycles. The standard InChI is InChI=1S/C19H26N2/c1-2-15-6-5-12-19(20,13-11-15)14-17-10-9-16-7-3-4-8-18(16)21-17/h3-4,7-10,15H,2,5-6,11-14,20H2,1H3. The lowest BCUT2D eigenvalue weighted by Crippen LogP contribution is -2.41. The zero-order chi connectivity index (χ0) is 14.7. The monoisotopic (exact) mass is 282 g/mol. The van der Waals surface area contributed by atoms with Crippen molar-refractivity contribution in [1.82, 2.24) is 4.98 Å². The van der Waals surface area contributed by atoms with Gasteiger partial charge >= 0.3 is 0 Å². The van der Waals surface area contributed by atoms with Gasteiger partial charge in [0.2, 0.25) is 0 Å². The molecule has 2 heteroatoms. The summed E-state index contributed by atoms with van der Waals surface area (Å²) in [5, 5.41) is 1.21. The predicted octanol–water partition coefficient (Wildman–Crippen LogP) is 4.47. The molecule has 0 saturated heterocycles. The van der Waals surface area contributed by atoms with E-state index in [0.717, 1.165) is 36.4 Å². The van der Waals surface area contributed by atoms with Gasteiger partial charge in [-0.3, -0.25) is 4.98 Å². The molecule has 1 fully saturated rings. The van der Waals surface area contributed by atoms with E-state index in [1.54, 1.807) is 0 Å². The molecule has 3 rings (SSSR count). The van der Waals surface area contributed by atoms with Gasteiger partial charge in [-0.15, -0.1) is 0 Å². The fourth-order valence-electron chi connectivity index (χ4n) is 3.66. The maximum absolute atomic E-state index is 6.71. The number of rotatable bonds is 3. The van der Waals surface area contributed by atoms with Gasteiger partial charge in [-0.25, -0.2) is 0 Å². The molecule has 21 heavy (non-hydrogen) atoms. The molecule has 0 spiro atoms. The van der Waals surface area contributed by atoms with E-state index in [-0.39, 0.29) is 5.54 Å². The lowest BCUT2D eigenvalue weighted by Gasteiger charge is -2.28. The maximum atomic E-state index is 6.71. The van der Waals surface area contributed by atoms with Crippen LogP contribution in [0.2, 0.25) is 0 Å². The molecule has 1 heterocycles. The van der Waals surface area contributed by atoms with Gasteiger partial charge in [0.05, 0.1) is 5.52 Å². The van der Waals surface area contributed by atoms with E-state index in [2.05, 4.69) is 43.3 Å². The molecule has 1 aromatic heterocycles. The average molecular weight is 282 g/mol. The first-order valence-corrected chi connectivity index (χ1v) is 8.32. The molecule has 2 aromatic rings. The molecule has 0 aliphatic heterocycles. The van der Waals surface area contributed by atoms with Crippen molar-refractivity contribution >= 4 is 10.9 Å². The van der Waals surface area contributed by atoms with Crippen molar-refractivity contribution in [3.8, 4) is 0 Å². The number of aromatic nitrogens is 1. The van der Waals surface area contributed by atoms with Crippen molar-refractivity contribution in [2.24, 2.45) is 11.7 Å².